The van der Waals surface area contributed by atoms with E-state index < -0.39 is 17.7 Å². The van der Waals surface area contributed by atoms with E-state index in [4.69, 9.17) is 9.47 Å². The lowest BCUT2D eigenvalue weighted by molar-refractivity contribution is -0.129. The number of carbonyl (C=O) groups excluding carboxylic acids is 2. The number of aliphatic hydroxyl groups excluding tert-OH is 1. The van der Waals surface area contributed by atoms with Crippen molar-refractivity contribution >= 4 is 11.7 Å². The number of carbonyl (C=O) groups is 2. The number of amides is 1. The molecule has 1 amide bonds. The largest absolute Gasteiger partial charge is 0.503 e. The fourth-order valence-electron chi connectivity index (χ4n) is 4.05. The van der Waals surface area contributed by atoms with Gasteiger partial charge in [-0.15, -0.1) is 0 Å². The Hall–Kier alpha value is -2.54. The van der Waals surface area contributed by atoms with Crippen LogP contribution in [0.1, 0.15) is 37.8 Å². The minimum Gasteiger partial charge on any atom is -0.503 e. The summed E-state index contributed by atoms with van der Waals surface area (Å²) in [5.74, 6) is -0.190. The standard InChI is InChI=1S/C21H28N2O5/c1-14(24)18-19(15-7-8-16(27-2)17(13-15)28-3)23(21(26)20(18)25)12-11-22-9-5-4-6-10-22/h7-8,13,19,25H,4-6,9-12H2,1-3H3. The van der Waals surface area contributed by atoms with Crippen molar-refractivity contribution in [2.45, 2.75) is 32.2 Å². The van der Waals surface area contributed by atoms with E-state index in [2.05, 4.69) is 4.90 Å². The van der Waals surface area contributed by atoms with E-state index in [9.17, 15) is 14.7 Å². The van der Waals surface area contributed by atoms with Gasteiger partial charge in [0.05, 0.1) is 25.8 Å². The maximum atomic E-state index is 12.7. The average Bonchev–Trinajstić information content (AvgIpc) is 2.97. The zero-order chi connectivity index (χ0) is 20.3. The van der Waals surface area contributed by atoms with Crippen LogP contribution in [0.5, 0.6) is 11.5 Å². The Morgan fingerprint density at radius 3 is 2.39 bits per heavy atom. The number of hydrogen-bond donors (Lipinski definition) is 1. The van der Waals surface area contributed by atoms with Gasteiger partial charge in [-0.2, -0.15) is 0 Å². The van der Waals surface area contributed by atoms with Crippen LogP contribution in [0.15, 0.2) is 29.5 Å². The van der Waals surface area contributed by atoms with Crippen LogP contribution in [0, 0.1) is 0 Å². The molecule has 28 heavy (non-hydrogen) atoms. The number of Topliss-reactive ketones (excluding diaryl/α,β-unsaturated/α-hetero) is 1. The number of benzene rings is 1. The van der Waals surface area contributed by atoms with Gasteiger partial charge in [-0.05, 0) is 50.6 Å². The van der Waals surface area contributed by atoms with E-state index in [0.29, 0.717) is 30.2 Å². The maximum Gasteiger partial charge on any atom is 0.290 e. The quantitative estimate of drug-likeness (QED) is 0.773. The molecule has 1 fully saturated rings. The van der Waals surface area contributed by atoms with Gasteiger partial charge >= 0.3 is 0 Å². The Bertz CT molecular complexity index is 783. The summed E-state index contributed by atoms with van der Waals surface area (Å²) in [7, 11) is 3.09. The zero-order valence-electron chi connectivity index (χ0n) is 16.7. The van der Waals surface area contributed by atoms with Gasteiger partial charge in [-0.1, -0.05) is 12.5 Å². The third-order valence-electron chi connectivity index (χ3n) is 5.51. The molecule has 0 saturated carbocycles. The van der Waals surface area contributed by atoms with Crippen molar-refractivity contribution in [1.82, 2.24) is 9.80 Å². The van der Waals surface area contributed by atoms with Crippen LogP contribution >= 0.6 is 0 Å². The maximum absolute atomic E-state index is 12.7. The van der Waals surface area contributed by atoms with E-state index in [1.807, 2.05) is 0 Å². The highest BCUT2D eigenvalue weighted by Gasteiger charge is 2.42. The predicted octanol–water partition coefficient (Wildman–Crippen LogP) is 2.47. The van der Waals surface area contributed by atoms with Crippen molar-refractivity contribution in [3.05, 3.63) is 35.1 Å². The molecule has 0 bridgehead atoms. The Labute approximate surface area is 165 Å². The van der Waals surface area contributed by atoms with Gasteiger partial charge in [0.25, 0.3) is 5.91 Å². The number of rotatable bonds is 7. The summed E-state index contributed by atoms with van der Waals surface area (Å²) in [6.07, 6.45) is 3.56. The SMILES string of the molecule is COc1ccc(C2C(C(C)=O)=C(O)C(=O)N2CCN2CCCCC2)cc1OC. The third kappa shape index (κ3) is 3.85. The molecule has 2 aliphatic rings. The van der Waals surface area contributed by atoms with Crippen LogP contribution < -0.4 is 9.47 Å². The van der Waals surface area contributed by atoms with Crippen molar-refractivity contribution < 1.29 is 24.2 Å². The molecule has 1 atom stereocenters. The monoisotopic (exact) mass is 388 g/mol. The highest BCUT2D eigenvalue weighted by atomic mass is 16.5. The summed E-state index contributed by atoms with van der Waals surface area (Å²) in [6, 6.07) is 4.67. The molecule has 1 N–H and O–H groups in total. The number of methoxy groups -OCH3 is 2. The number of aliphatic hydroxyl groups is 1. The second-order valence-electron chi connectivity index (χ2n) is 7.24. The minimum absolute atomic E-state index is 0.135. The highest BCUT2D eigenvalue weighted by Crippen LogP contribution is 2.40. The zero-order valence-corrected chi connectivity index (χ0v) is 16.7. The van der Waals surface area contributed by atoms with Gasteiger partial charge in [0.1, 0.15) is 0 Å². The summed E-state index contributed by atoms with van der Waals surface area (Å²) in [5, 5.41) is 10.4. The van der Waals surface area contributed by atoms with Gasteiger partial charge < -0.3 is 24.4 Å². The van der Waals surface area contributed by atoms with Crippen LogP contribution in [0.2, 0.25) is 0 Å². The van der Waals surface area contributed by atoms with Crippen LogP contribution in [-0.2, 0) is 9.59 Å². The average molecular weight is 388 g/mol. The first-order valence-corrected chi connectivity index (χ1v) is 9.67. The fraction of sp³-hybridized carbons (Fsp3) is 0.524. The van der Waals surface area contributed by atoms with Gasteiger partial charge in [0.15, 0.2) is 23.0 Å². The molecule has 2 heterocycles. The molecule has 0 radical (unpaired) electrons. The fourth-order valence-corrected chi connectivity index (χ4v) is 4.05. The number of ketones is 1. The number of hydrogen-bond acceptors (Lipinski definition) is 6. The summed E-state index contributed by atoms with van der Waals surface area (Å²) in [6.45, 7) is 4.57. The first-order chi connectivity index (χ1) is 13.5. The number of likely N-dealkylation sites (tertiary alicyclic amines) is 1. The molecule has 0 aliphatic carbocycles. The van der Waals surface area contributed by atoms with Gasteiger partial charge in [0, 0.05) is 13.1 Å². The van der Waals surface area contributed by atoms with Crippen LogP contribution in [0.4, 0.5) is 0 Å². The molecule has 0 aromatic heterocycles. The lowest BCUT2D eigenvalue weighted by atomic mass is 9.96. The molecule has 1 aromatic carbocycles. The van der Waals surface area contributed by atoms with Crippen LogP contribution in [0.3, 0.4) is 0 Å². The van der Waals surface area contributed by atoms with Crippen molar-refractivity contribution in [1.29, 1.82) is 0 Å². The number of piperidine rings is 1. The molecular weight excluding hydrogens is 360 g/mol. The summed E-state index contributed by atoms with van der Waals surface area (Å²) >= 11 is 0. The van der Waals surface area contributed by atoms with Crippen molar-refractivity contribution in [2.24, 2.45) is 0 Å². The molecule has 0 spiro atoms. The number of nitrogens with zero attached hydrogens (tertiary/aromatic N) is 2. The van der Waals surface area contributed by atoms with Crippen molar-refractivity contribution in [3.8, 4) is 11.5 Å². The van der Waals surface area contributed by atoms with E-state index in [1.54, 1.807) is 30.2 Å². The summed E-state index contributed by atoms with van der Waals surface area (Å²) < 4.78 is 10.7. The summed E-state index contributed by atoms with van der Waals surface area (Å²) in [5.41, 5.74) is 0.842. The predicted molar refractivity (Wildman–Crippen MR) is 105 cm³/mol. The second kappa shape index (κ2) is 8.65. The van der Waals surface area contributed by atoms with Gasteiger partial charge in [0.2, 0.25) is 0 Å². The number of ether oxygens (including phenoxy) is 2. The normalized spacial score (nSPS) is 20.6. The van der Waals surface area contributed by atoms with E-state index >= 15 is 0 Å². The molecule has 7 heteroatoms. The molecular formula is C21H28N2O5. The first-order valence-electron chi connectivity index (χ1n) is 9.67. The van der Waals surface area contributed by atoms with Gasteiger partial charge in [-0.25, -0.2) is 0 Å². The molecule has 1 aromatic rings. The smallest absolute Gasteiger partial charge is 0.290 e. The van der Waals surface area contributed by atoms with Crippen molar-refractivity contribution in [3.63, 3.8) is 0 Å². The molecule has 3 rings (SSSR count). The Kier molecular flexibility index (Phi) is 6.24. The third-order valence-corrected chi connectivity index (χ3v) is 5.51. The lowest BCUT2D eigenvalue weighted by Gasteiger charge is -2.31. The molecule has 7 nitrogen and oxygen atoms in total. The highest BCUT2D eigenvalue weighted by molar-refractivity contribution is 6.08. The molecule has 1 saturated heterocycles. The van der Waals surface area contributed by atoms with Crippen LogP contribution in [0.25, 0.3) is 0 Å². The van der Waals surface area contributed by atoms with Crippen molar-refractivity contribution in [2.75, 3.05) is 40.4 Å². The second-order valence-corrected chi connectivity index (χ2v) is 7.24. The molecule has 1 unspecified atom stereocenters. The Morgan fingerprint density at radius 2 is 1.79 bits per heavy atom. The Balaban J connectivity index is 1.92. The van der Waals surface area contributed by atoms with E-state index in [0.717, 1.165) is 25.9 Å². The van der Waals surface area contributed by atoms with E-state index in [1.165, 1.54) is 20.5 Å². The van der Waals surface area contributed by atoms with Gasteiger partial charge in [-0.3, -0.25) is 9.59 Å². The molecule has 2 aliphatic heterocycles. The summed E-state index contributed by atoms with van der Waals surface area (Å²) in [4.78, 5) is 28.9. The first kappa shape index (κ1) is 20.2. The topological polar surface area (TPSA) is 79.3 Å². The van der Waals surface area contributed by atoms with E-state index in [-0.39, 0.29) is 11.4 Å². The van der Waals surface area contributed by atoms with Crippen LogP contribution in [-0.4, -0.2) is 67.0 Å². The Morgan fingerprint density at radius 1 is 1.11 bits per heavy atom. The molecule has 152 valence electrons. The lowest BCUT2D eigenvalue weighted by Crippen LogP contribution is -2.40. The minimum atomic E-state index is -0.630.